The van der Waals surface area contributed by atoms with Gasteiger partial charge in [-0.2, -0.15) is 0 Å². The van der Waals surface area contributed by atoms with Crippen molar-refractivity contribution in [1.29, 1.82) is 0 Å². The molecule has 88 valence electrons. The van der Waals surface area contributed by atoms with E-state index in [2.05, 4.69) is 6.92 Å². The number of piperazine rings is 1. The molecule has 0 bridgehead atoms. The molecule has 1 saturated carbocycles. The largest absolute Gasteiger partial charge is 0.329 e. The number of carbonyl (C=O) groups excluding carboxylic acids is 2. The molecular formula is C12H18N2O2. The fourth-order valence-electron chi connectivity index (χ4n) is 2.88. The average Bonchev–Trinajstić information content (AvgIpc) is 3.03. The lowest BCUT2D eigenvalue weighted by atomic mass is 9.97. The molecule has 2 amide bonds. The minimum Gasteiger partial charge on any atom is -0.329 e. The Labute approximate surface area is 95.6 Å². The van der Waals surface area contributed by atoms with Gasteiger partial charge in [-0.15, -0.1) is 0 Å². The molecule has 0 radical (unpaired) electrons. The van der Waals surface area contributed by atoms with E-state index in [0.29, 0.717) is 6.54 Å². The molecule has 1 unspecified atom stereocenters. The van der Waals surface area contributed by atoms with Gasteiger partial charge in [0.2, 0.25) is 11.8 Å². The Balaban J connectivity index is 1.85. The summed E-state index contributed by atoms with van der Waals surface area (Å²) in [5.74, 6) is 0.344. The van der Waals surface area contributed by atoms with Crippen LogP contribution in [0.1, 0.15) is 39.0 Å². The highest BCUT2D eigenvalue weighted by atomic mass is 16.2. The third-order valence-corrected chi connectivity index (χ3v) is 4.29. The number of carbonyl (C=O) groups is 2. The van der Waals surface area contributed by atoms with Crippen LogP contribution >= 0.6 is 0 Å². The van der Waals surface area contributed by atoms with Gasteiger partial charge in [0.05, 0.1) is 0 Å². The molecule has 4 nitrogen and oxygen atoms in total. The van der Waals surface area contributed by atoms with E-state index in [1.54, 1.807) is 4.90 Å². The van der Waals surface area contributed by atoms with E-state index < -0.39 is 0 Å². The Morgan fingerprint density at radius 2 is 2.00 bits per heavy atom. The summed E-state index contributed by atoms with van der Waals surface area (Å²) in [6.45, 7) is 3.18. The number of hydrogen-bond acceptors (Lipinski definition) is 2. The lowest BCUT2D eigenvalue weighted by Gasteiger charge is -2.45. The van der Waals surface area contributed by atoms with Crippen LogP contribution in [0, 0.1) is 0 Å². The molecule has 1 atom stereocenters. The molecule has 1 aliphatic carbocycles. The first kappa shape index (κ1) is 10.1. The smallest absolute Gasteiger partial charge is 0.246 e. The van der Waals surface area contributed by atoms with Crippen molar-refractivity contribution in [3.8, 4) is 0 Å². The van der Waals surface area contributed by atoms with Crippen LogP contribution in [0.3, 0.4) is 0 Å². The SMILES string of the molecule is CC1(N2CC(=O)N3CCCCC3C2=O)CC1. The normalized spacial score (nSPS) is 32.7. The molecule has 0 aromatic carbocycles. The molecule has 2 aliphatic heterocycles. The Morgan fingerprint density at radius 1 is 1.25 bits per heavy atom. The highest BCUT2D eigenvalue weighted by molar-refractivity contribution is 5.95. The summed E-state index contributed by atoms with van der Waals surface area (Å²) < 4.78 is 0. The fraction of sp³-hybridized carbons (Fsp3) is 0.833. The summed E-state index contributed by atoms with van der Waals surface area (Å²) in [5.41, 5.74) is -0.00369. The van der Waals surface area contributed by atoms with Gasteiger partial charge >= 0.3 is 0 Å². The number of hydrogen-bond donors (Lipinski definition) is 0. The average molecular weight is 222 g/mol. The second kappa shape index (κ2) is 3.22. The van der Waals surface area contributed by atoms with Crippen LogP contribution in [0.2, 0.25) is 0 Å². The van der Waals surface area contributed by atoms with E-state index in [0.717, 1.165) is 38.6 Å². The number of rotatable bonds is 1. The van der Waals surface area contributed by atoms with Gasteiger partial charge in [-0.1, -0.05) is 0 Å². The van der Waals surface area contributed by atoms with E-state index >= 15 is 0 Å². The van der Waals surface area contributed by atoms with Crippen LogP contribution in [-0.4, -0.2) is 46.3 Å². The van der Waals surface area contributed by atoms with Crippen LogP contribution in [0.5, 0.6) is 0 Å². The second-order valence-electron chi connectivity index (χ2n) is 5.52. The van der Waals surface area contributed by atoms with E-state index in [1.807, 2.05) is 4.90 Å². The van der Waals surface area contributed by atoms with E-state index in [-0.39, 0.29) is 23.4 Å². The van der Waals surface area contributed by atoms with Crippen molar-refractivity contribution in [3.05, 3.63) is 0 Å². The number of amides is 2. The standard InChI is InChI=1S/C12H18N2O2/c1-12(5-6-12)14-8-10(15)13-7-3-2-4-9(13)11(14)16/h9H,2-8H2,1H3. The van der Waals surface area contributed by atoms with Gasteiger partial charge < -0.3 is 9.80 Å². The minimum atomic E-state index is -0.146. The Kier molecular flexibility index (Phi) is 2.03. The van der Waals surface area contributed by atoms with Gasteiger partial charge in [-0.25, -0.2) is 0 Å². The van der Waals surface area contributed by atoms with Crippen LogP contribution in [0.4, 0.5) is 0 Å². The molecule has 0 spiro atoms. The Bertz CT molecular complexity index is 349. The number of fused-ring (bicyclic) bond motifs is 1. The minimum absolute atomic E-state index is 0.00369. The molecule has 3 fully saturated rings. The highest BCUT2D eigenvalue weighted by Crippen LogP contribution is 2.43. The van der Waals surface area contributed by atoms with Crippen molar-refractivity contribution in [2.75, 3.05) is 13.1 Å². The van der Waals surface area contributed by atoms with Crippen molar-refractivity contribution >= 4 is 11.8 Å². The predicted octanol–water partition coefficient (Wildman–Crippen LogP) is 0.762. The van der Waals surface area contributed by atoms with Gasteiger partial charge in [0.25, 0.3) is 0 Å². The predicted molar refractivity (Wildman–Crippen MR) is 58.7 cm³/mol. The quantitative estimate of drug-likeness (QED) is 0.657. The lowest BCUT2D eigenvalue weighted by molar-refractivity contribution is -0.160. The fourth-order valence-corrected chi connectivity index (χ4v) is 2.88. The van der Waals surface area contributed by atoms with Gasteiger partial charge in [0.15, 0.2) is 0 Å². The highest BCUT2D eigenvalue weighted by Gasteiger charge is 2.52. The lowest BCUT2D eigenvalue weighted by Crippen LogP contribution is -2.63. The van der Waals surface area contributed by atoms with Crippen molar-refractivity contribution in [3.63, 3.8) is 0 Å². The zero-order chi connectivity index (χ0) is 11.3. The van der Waals surface area contributed by atoms with Crippen molar-refractivity contribution in [1.82, 2.24) is 9.80 Å². The molecule has 2 heterocycles. The van der Waals surface area contributed by atoms with Crippen LogP contribution in [0.15, 0.2) is 0 Å². The number of piperidine rings is 1. The van der Waals surface area contributed by atoms with Gasteiger partial charge in [0.1, 0.15) is 12.6 Å². The maximum absolute atomic E-state index is 12.3. The first-order valence-corrected chi connectivity index (χ1v) is 6.23. The summed E-state index contributed by atoms with van der Waals surface area (Å²) in [6.07, 6.45) is 5.09. The van der Waals surface area contributed by atoms with Crippen molar-refractivity contribution < 1.29 is 9.59 Å². The second-order valence-corrected chi connectivity index (χ2v) is 5.52. The molecule has 0 aromatic rings. The van der Waals surface area contributed by atoms with E-state index in [1.165, 1.54) is 0 Å². The van der Waals surface area contributed by atoms with E-state index in [9.17, 15) is 9.59 Å². The summed E-state index contributed by atoms with van der Waals surface area (Å²) >= 11 is 0. The van der Waals surface area contributed by atoms with Gasteiger partial charge in [0, 0.05) is 12.1 Å². The zero-order valence-corrected chi connectivity index (χ0v) is 9.74. The third-order valence-electron chi connectivity index (χ3n) is 4.29. The topological polar surface area (TPSA) is 40.6 Å². The summed E-state index contributed by atoms with van der Waals surface area (Å²) in [7, 11) is 0. The molecule has 16 heavy (non-hydrogen) atoms. The maximum atomic E-state index is 12.3. The molecule has 3 aliphatic rings. The van der Waals surface area contributed by atoms with Gasteiger partial charge in [-0.3, -0.25) is 9.59 Å². The van der Waals surface area contributed by atoms with Crippen LogP contribution in [0.25, 0.3) is 0 Å². The Morgan fingerprint density at radius 3 is 2.69 bits per heavy atom. The van der Waals surface area contributed by atoms with Crippen molar-refractivity contribution in [2.45, 2.75) is 50.6 Å². The molecule has 2 saturated heterocycles. The molecule has 3 rings (SSSR count). The summed E-state index contributed by atoms with van der Waals surface area (Å²) in [6, 6.07) is -0.146. The summed E-state index contributed by atoms with van der Waals surface area (Å²) in [5, 5.41) is 0. The first-order valence-electron chi connectivity index (χ1n) is 6.23. The van der Waals surface area contributed by atoms with Crippen LogP contribution in [-0.2, 0) is 9.59 Å². The molecule has 0 N–H and O–H groups in total. The van der Waals surface area contributed by atoms with Crippen molar-refractivity contribution in [2.24, 2.45) is 0 Å². The number of nitrogens with zero attached hydrogens (tertiary/aromatic N) is 2. The molecule has 4 heteroatoms. The van der Waals surface area contributed by atoms with E-state index in [4.69, 9.17) is 0 Å². The monoisotopic (exact) mass is 222 g/mol. The first-order chi connectivity index (χ1) is 7.62. The van der Waals surface area contributed by atoms with Crippen LogP contribution < -0.4 is 0 Å². The molecular weight excluding hydrogens is 204 g/mol. The Hall–Kier alpha value is -1.06. The third kappa shape index (κ3) is 1.35. The summed E-state index contributed by atoms with van der Waals surface area (Å²) in [4.78, 5) is 27.9. The zero-order valence-electron chi connectivity index (χ0n) is 9.74. The molecule has 0 aromatic heterocycles. The maximum Gasteiger partial charge on any atom is 0.246 e. The van der Waals surface area contributed by atoms with Gasteiger partial charge in [-0.05, 0) is 39.0 Å².